The summed E-state index contributed by atoms with van der Waals surface area (Å²) in [5.74, 6) is 0.687. The van der Waals surface area contributed by atoms with Crippen molar-refractivity contribution in [1.29, 1.82) is 0 Å². The first-order valence-corrected chi connectivity index (χ1v) is 8.21. The summed E-state index contributed by atoms with van der Waals surface area (Å²) in [6.07, 6.45) is 0.880. The first-order chi connectivity index (χ1) is 11.5. The number of hydrogen-bond donors (Lipinski definition) is 3. The zero-order valence-corrected chi connectivity index (χ0v) is 15.6. The van der Waals surface area contributed by atoms with E-state index in [4.69, 9.17) is 4.74 Å². The van der Waals surface area contributed by atoms with E-state index in [2.05, 4.69) is 40.7 Å². The Bertz CT molecular complexity index is 742. The molecular weight excluding hydrogens is 340 g/mol. The Morgan fingerprint density at radius 2 is 2.20 bits per heavy atom. The third-order valence-electron chi connectivity index (χ3n) is 4.56. The monoisotopic (exact) mass is 364 g/mol. The topological polar surface area (TPSA) is 79.0 Å². The van der Waals surface area contributed by atoms with Crippen molar-refractivity contribution in [2.75, 3.05) is 20.2 Å². The molecule has 2 aromatic rings. The fourth-order valence-electron chi connectivity index (χ4n) is 2.94. The van der Waals surface area contributed by atoms with Crippen LogP contribution in [0.1, 0.15) is 41.2 Å². The van der Waals surface area contributed by atoms with E-state index in [1.807, 2.05) is 18.2 Å². The van der Waals surface area contributed by atoms with Crippen LogP contribution in [0.4, 0.5) is 0 Å². The lowest BCUT2D eigenvalue weighted by Gasteiger charge is -2.26. The van der Waals surface area contributed by atoms with E-state index in [1.54, 1.807) is 7.11 Å². The number of hydrogen-bond acceptors (Lipinski definition) is 4. The van der Waals surface area contributed by atoms with Crippen LogP contribution in [0.5, 0.6) is 5.75 Å². The van der Waals surface area contributed by atoms with Crippen LogP contribution in [-0.2, 0) is 18.4 Å². The molecule has 136 valence electrons. The van der Waals surface area contributed by atoms with Crippen LogP contribution in [0.2, 0.25) is 0 Å². The maximum Gasteiger partial charge on any atom is 0.272 e. The van der Waals surface area contributed by atoms with Crippen LogP contribution in [0.15, 0.2) is 24.3 Å². The Balaban J connectivity index is 0.00000225. The summed E-state index contributed by atoms with van der Waals surface area (Å²) in [4.78, 5) is 12.5. The van der Waals surface area contributed by atoms with Gasteiger partial charge >= 0.3 is 0 Å². The second kappa shape index (κ2) is 7.89. The Hall–Kier alpha value is -2.05. The highest BCUT2D eigenvalue weighted by Crippen LogP contribution is 2.26. The molecule has 1 aromatic heterocycles. The van der Waals surface area contributed by atoms with Gasteiger partial charge in [-0.2, -0.15) is 5.10 Å². The highest BCUT2D eigenvalue weighted by molar-refractivity contribution is 5.94. The second-order valence-corrected chi connectivity index (χ2v) is 6.75. The van der Waals surface area contributed by atoms with E-state index in [1.165, 1.54) is 0 Å². The molecule has 1 aliphatic rings. The molecule has 0 unspecified atom stereocenters. The predicted molar refractivity (Wildman–Crippen MR) is 99.6 cm³/mol. The summed E-state index contributed by atoms with van der Waals surface area (Å²) < 4.78 is 5.29. The lowest BCUT2D eigenvalue weighted by atomic mass is 9.84. The third-order valence-corrected chi connectivity index (χ3v) is 4.56. The molecule has 3 N–H and O–H groups in total. The summed E-state index contributed by atoms with van der Waals surface area (Å²) in [7, 11) is 1.66. The van der Waals surface area contributed by atoms with Gasteiger partial charge in [0.05, 0.1) is 7.11 Å². The number of ether oxygens (including phenoxy) is 1. The molecule has 0 fully saturated rings. The van der Waals surface area contributed by atoms with E-state index in [0.29, 0.717) is 18.8 Å². The Kier molecular flexibility index (Phi) is 6.08. The van der Waals surface area contributed by atoms with E-state index in [-0.39, 0.29) is 23.7 Å². The fourth-order valence-corrected chi connectivity index (χ4v) is 2.94. The smallest absolute Gasteiger partial charge is 0.272 e. The summed E-state index contributed by atoms with van der Waals surface area (Å²) in [5.41, 5.74) is 3.45. The van der Waals surface area contributed by atoms with Crippen LogP contribution in [0.3, 0.4) is 0 Å². The summed E-state index contributed by atoms with van der Waals surface area (Å²) in [6, 6.07) is 7.94. The molecule has 0 bridgehead atoms. The molecule has 0 saturated carbocycles. The number of methoxy groups -OCH3 is 1. The van der Waals surface area contributed by atoms with Gasteiger partial charge in [-0.25, -0.2) is 0 Å². The molecule has 1 aromatic carbocycles. The Morgan fingerprint density at radius 3 is 2.96 bits per heavy atom. The number of halogens is 1. The number of rotatable bonds is 5. The number of aromatic nitrogens is 2. The number of nitrogens with zero attached hydrogens (tertiary/aromatic N) is 1. The largest absolute Gasteiger partial charge is 0.497 e. The van der Waals surface area contributed by atoms with Crippen molar-refractivity contribution in [3.8, 4) is 5.75 Å². The van der Waals surface area contributed by atoms with Gasteiger partial charge in [-0.3, -0.25) is 9.89 Å². The van der Waals surface area contributed by atoms with Gasteiger partial charge in [-0.1, -0.05) is 26.0 Å². The summed E-state index contributed by atoms with van der Waals surface area (Å²) in [6.45, 7) is 6.33. The van der Waals surface area contributed by atoms with Crippen LogP contribution < -0.4 is 15.4 Å². The average molecular weight is 365 g/mol. The maximum atomic E-state index is 12.5. The minimum Gasteiger partial charge on any atom is -0.497 e. The molecule has 6 nitrogen and oxygen atoms in total. The lowest BCUT2D eigenvalue weighted by Crippen LogP contribution is -2.37. The molecule has 3 rings (SSSR count). The number of nitrogens with one attached hydrogen (secondary N) is 3. The third kappa shape index (κ3) is 4.14. The van der Waals surface area contributed by atoms with Crippen molar-refractivity contribution in [3.05, 3.63) is 46.8 Å². The zero-order chi connectivity index (χ0) is 17.2. The van der Waals surface area contributed by atoms with Crippen molar-refractivity contribution >= 4 is 18.3 Å². The zero-order valence-electron chi connectivity index (χ0n) is 14.8. The van der Waals surface area contributed by atoms with Crippen molar-refractivity contribution in [2.45, 2.75) is 32.2 Å². The van der Waals surface area contributed by atoms with Gasteiger partial charge in [0.25, 0.3) is 5.91 Å². The number of carbonyl (C=O) groups excluding carboxylic acids is 1. The predicted octanol–water partition coefficient (Wildman–Crippen LogP) is 2.19. The van der Waals surface area contributed by atoms with Crippen molar-refractivity contribution in [3.63, 3.8) is 0 Å². The Morgan fingerprint density at radius 1 is 1.40 bits per heavy atom. The Labute approximate surface area is 154 Å². The minimum atomic E-state index is -0.210. The number of H-pyrrole nitrogens is 1. The van der Waals surface area contributed by atoms with E-state index >= 15 is 0 Å². The standard InChI is InChI=1S/C18H24N4O2.ClH/c1-18(2,12-5-4-6-13(9-12)24-3)11-20-17(23)16-14-10-19-8-7-15(14)21-22-16;/h4-6,9,19H,7-8,10-11H2,1-3H3,(H,20,23)(H,21,22);1H. The summed E-state index contributed by atoms with van der Waals surface area (Å²) in [5, 5.41) is 13.5. The molecule has 0 spiro atoms. The minimum absolute atomic E-state index is 0. The van der Waals surface area contributed by atoms with Crippen LogP contribution in [-0.4, -0.2) is 36.3 Å². The van der Waals surface area contributed by atoms with Crippen molar-refractivity contribution in [1.82, 2.24) is 20.8 Å². The van der Waals surface area contributed by atoms with Crippen LogP contribution in [0.25, 0.3) is 0 Å². The highest BCUT2D eigenvalue weighted by atomic mass is 35.5. The van der Waals surface area contributed by atoms with E-state index in [0.717, 1.165) is 35.5 Å². The second-order valence-electron chi connectivity index (χ2n) is 6.75. The molecule has 0 radical (unpaired) electrons. The molecular formula is C18H25ClN4O2. The molecule has 0 saturated heterocycles. The van der Waals surface area contributed by atoms with Crippen molar-refractivity contribution in [2.24, 2.45) is 0 Å². The van der Waals surface area contributed by atoms with E-state index in [9.17, 15) is 4.79 Å². The number of amides is 1. The van der Waals surface area contributed by atoms with Gasteiger partial charge in [-0.05, 0) is 17.7 Å². The molecule has 2 heterocycles. The molecule has 1 amide bonds. The number of fused-ring (bicyclic) bond motifs is 1. The quantitative estimate of drug-likeness (QED) is 0.760. The van der Waals surface area contributed by atoms with Crippen LogP contribution in [0, 0.1) is 0 Å². The molecule has 1 aliphatic heterocycles. The molecule has 0 aliphatic carbocycles. The normalized spacial score (nSPS) is 13.6. The van der Waals surface area contributed by atoms with Crippen LogP contribution >= 0.6 is 12.4 Å². The maximum absolute atomic E-state index is 12.5. The molecule has 0 atom stereocenters. The highest BCUT2D eigenvalue weighted by Gasteiger charge is 2.25. The van der Waals surface area contributed by atoms with Gasteiger partial charge in [0, 0.05) is 42.7 Å². The first-order valence-electron chi connectivity index (χ1n) is 8.21. The number of aromatic amines is 1. The fraction of sp³-hybridized carbons (Fsp3) is 0.444. The van der Waals surface area contributed by atoms with E-state index < -0.39 is 0 Å². The molecule has 25 heavy (non-hydrogen) atoms. The molecule has 7 heteroatoms. The first kappa shape index (κ1) is 19.3. The van der Waals surface area contributed by atoms with Gasteiger partial charge in [-0.15, -0.1) is 12.4 Å². The average Bonchev–Trinajstić information content (AvgIpc) is 3.04. The van der Waals surface area contributed by atoms with Gasteiger partial charge in [0.15, 0.2) is 5.69 Å². The van der Waals surface area contributed by atoms with Gasteiger partial charge in [0.1, 0.15) is 5.75 Å². The lowest BCUT2D eigenvalue weighted by molar-refractivity contribution is 0.0939. The summed E-state index contributed by atoms with van der Waals surface area (Å²) >= 11 is 0. The van der Waals surface area contributed by atoms with Gasteiger partial charge < -0.3 is 15.4 Å². The SMILES string of the molecule is COc1cccc(C(C)(C)CNC(=O)c2n[nH]c3c2CNCC3)c1.Cl. The number of benzene rings is 1. The van der Waals surface area contributed by atoms with Crippen molar-refractivity contribution < 1.29 is 9.53 Å². The van der Waals surface area contributed by atoms with Gasteiger partial charge in [0.2, 0.25) is 0 Å². The number of carbonyl (C=O) groups is 1.